The first-order valence-corrected chi connectivity index (χ1v) is 18.5. The molecule has 2 aromatic rings. The zero-order chi connectivity index (χ0) is 29.5. The fraction of sp³-hybridized carbons (Fsp3) is 0.619. The Balaban J connectivity index is 0.00000384. The predicted molar refractivity (Wildman–Crippen MR) is 187 cm³/mol. The van der Waals surface area contributed by atoms with Crippen molar-refractivity contribution in [2.24, 2.45) is 11.8 Å². The Morgan fingerprint density at radius 3 is 1.63 bits per heavy atom. The molecule has 0 amide bonds. The van der Waals surface area contributed by atoms with Gasteiger partial charge in [0.2, 0.25) is 0 Å². The molecule has 234 valence electrons. The van der Waals surface area contributed by atoms with Gasteiger partial charge in [-0.1, -0.05) is 131 Å². The van der Waals surface area contributed by atoms with Crippen molar-refractivity contribution in [2.45, 2.75) is 146 Å². The molecule has 0 aromatic heterocycles. The minimum Gasteiger partial charge on any atom is -0.315 e. The number of hydrogen-bond donors (Lipinski definition) is 1. The van der Waals surface area contributed by atoms with E-state index in [2.05, 4.69) is 86.0 Å². The van der Waals surface area contributed by atoms with Crippen LogP contribution in [0.1, 0.15) is 158 Å². The topological polar surface area (TPSA) is 12.0 Å². The molecular weight excluding hydrogens is 518 g/mol. The molecule has 1 heteroatoms. The zero-order valence-electron chi connectivity index (χ0n) is 27.5. The van der Waals surface area contributed by atoms with Gasteiger partial charge in [-0.2, -0.15) is 0 Å². The van der Waals surface area contributed by atoms with Gasteiger partial charge in [-0.15, -0.1) is 0 Å². The Morgan fingerprint density at radius 1 is 0.674 bits per heavy atom. The maximum absolute atomic E-state index is 3.86. The van der Waals surface area contributed by atoms with Crippen LogP contribution in [0.3, 0.4) is 0 Å². The van der Waals surface area contributed by atoms with E-state index in [1.165, 1.54) is 126 Å². The fourth-order valence-electron chi connectivity index (χ4n) is 9.81. The lowest BCUT2D eigenvalue weighted by atomic mass is 9.62. The van der Waals surface area contributed by atoms with E-state index in [0.29, 0.717) is 6.04 Å². The second-order valence-corrected chi connectivity index (χ2v) is 14.6. The number of rotatable bonds is 9. The van der Waals surface area contributed by atoms with Gasteiger partial charge < -0.3 is 5.32 Å². The molecule has 0 heterocycles. The lowest BCUT2D eigenvalue weighted by molar-refractivity contribution is 0.277. The molecule has 1 unspecified atom stereocenters. The lowest BCUT2D eigenvalue weighted by Crippen LogP contribution is -2.49. The highest BCUT2D eigenvalue weighted by atomic mass is 14.9. The number of hydrogen-bond acceptors (Lipinski definition) is 1. The summed E-state index contributed by atoms with van der Waals surface area (Å²) >= 11 is 0. The van der Waals surface area contributed by atoms with Crippen LogP contribution in [0.2, 0.25) is 0 Å². The first-order chi connectivity index (χ1) is 21.2. The van der Waals surface area contributed by atoms with Crippen LogP contribution in [0.4, 0.5) is 0 Å². The molecule has 0 spiro atoms. The summed E-state index contributed by atoms with van der Waals surface area (Å²) in [6, 6.07) is 20.4. The molecule has 3 fully saturated rings. The van der Waals surface area contributed by atoms with Crippen molar-refractivity contribution < 1.29 is 1.43 Å². The van der Waals surface area contributed by atoms with Crippen molar-refractivity contribution in [3.05, 3.63) is 94.6 Å². The molecule has 43 heavy (non-hydrogen) atoms. The number of nitrogens with one attached hydrogen (secondary N) is 1. The van der Waals surface area contributed by atoms with E-state index < -0.39 is 0 Å². The molecule has 0 bridgehead atoms. The molecule has 2 atom stereocenters. The minimum absolute atomic E-state index is 0. The Bertz CT molecular complexity index is 1120. The summed E-state index contributed by atoms with van der Waals surface area (Å²) in [5.41, 5.74) is 7.35. The quantitative estimate of drug-likeness (QED) is 0.311. The highest BCUT2D eigenvalue weighted by molar-refractivity contribution is 5.56. The second kappa shape index (κ2) is 14.8. The van der Waals surface area contributed by atoms with Gasteiger partial charge in [-0.25, -0.2) is 0 Å². The first-order valence-electron chi connectivity index (χ1n) is 18.5. The molecule has 4 aliphatic carbocycles. The SMILES string of the molecule is CC[C@H](NC)C(C1=CCCC(C2CCCCC2)C=C1)(c1ccc(C2CCCCC2)cc1)c1ccc(C2CCCCC2)cc1.[HH]. The van der Waals surface area contributed by atoms with Crippen LogP contribution in [-0.4, -0.2) is 13.1 Å². The van der Waals surface area contributed by atoms with Crippen LogP contribution < -0.4 is 5.32 Å². The fourth-order valence-corrected chi connectivity index (χ4v) is 9.81. The molecule has 0 radical (unpaired) electrons. The van der Waals surface area contributed by atoms with Crippen molar-refractivity contribution in [1.82, 2.24) is 5.32 Å². The maximum atomic E-state index is 3.86. The summed E-state index contributed by atoms with van der Waals surface area (Å²) in [7, 11) is 2.20. The Hall–Kier alpha value is -2.12. The summed E-state index contributed by atoms with van der Waals surface area (Å²) in [4.78, 5) is 0. The molecule has 4 aliphatic rings. The lowest BCUT2D eigenvalue weighted by Gasteiger charge is -2.43. The van der Waals surface area contributed by atoms with E-state index in [1.54, 1.807) is 11.1 Å². The van der Waals surface area contributed by atoms with Gasteiger partial charge in [0.05, 0.1) is 5.41 Å². The highest BCUT2D eigenvalue weighted by Gasteiger charge is 2.44. The van der Waals surface area contributed by atoms with E-state index in [1.807, 2.05) is 0 Å². The minimum atomic E-state index is -0.211. The first kappa shape index (κ1) is 30.9. The Labute approximate surface area is 265 Å². The summed E-state index contributed by atoms with van der Waals surface area (Å²) in [5, 5.41) is 3.86. The van der Waals surface area contributed by atoms with Crippen LogP contribution >= 0.6 is 0 Å². The van der Waals surface area contributed by atoms with Gasteiger partial charge in [-0.05, 0) is 116 Å². The molecule has 6 rings (SSSR count). The summed E-state index contributed by atoms with van der Waals surface area (Å²) in [6.07, 6.45) is 32.4. The molecule has 3 saturated carbocycles. The summed E-state index contributed by atoms with van der Waals surface area (Å²) in [5.74, 6) is 3.09. The third-order valence-corrected chi connectivity index (χ3v) is 12.3. The van der Waals surface area contributed by atoms with Crippen LogP contribution in [0.15, 0.2) is 72.3 Å². The molecule has 1 N–H and O–H groups in total. The smallest absolute Gasteiger partial charge is 0.0600 e. The predicted octanol–water partition coefficient (Wildman–Crippen LogP) is 11.8. The van der Waals surface area contributed by atoms with Gasteiger partial charge in [0.1, 0.15) is 0 Å². The molecular formula is C42H61N. The normalized spacial score (nSPS) is 24.0. The number of allylic oxidation sites excluding steroid dienone is 3. The van der Waals surface area contributed by atoms with Gasteiger partial charge in [0.25, 0.3) is 0 Å². The van der Waals surface area contributed by atoms with E-state index >= 15 is 0 Å². The molecule has 1 nitrogen and oxygen atoms in total. The van der Waals surface area contributed by atoms with Crippen LogP contribution in [0.25, 0.3) is 0 Å². The van der Waals surface area contributed by atoms with E-state index in [9.17, 15) is 0 Å². The maximum Gasteiger partial charge on any atom is 0.0600 e. The van der Waals surface area contributed by atoms with Gasteiger partial charge in [0, 0.05) is 7.47 Å². The summed E-state index contributed by atoms with van der Waals surface area (Å²) < 4.78 is 0. The van der Waals surface area contributed by atoms with Gasteiger partial charge >= 0.3 is 0 Å². The zero-order valence-corrected chi connectivity index (χ0v) is 27.5. The average molecular weight is 580 g/mol. The van der Waals surface area contributed by atoms with E-state index in [-0.39, 0.29) is 6.84 Å². The summed E-state index contributed by atoms with van der Waals surface area (Å²) in [6.45, 7) is 2.38. The third kappa shape index (κ3) is 6.63. The van der Waals surface area contributed by atoms with Gasteiger partial charge in [0.15, 0.2) is 0 Å². The number of benzene rings is 2. The van der Waals surface area contributed by atoms with Crippen LogP contribution in [0, 0.1) is 11.8 Å². The molecule has 0 aliphatic heterocycles. The standard InChI is InChI=1S/C42H59N.H2/c1-3-41(43-2)42(39-28-23-36(24-29-39)33-16-9-5-10-17-33,40-30-25-37(26-31-40)34-18-11-6-12-19-34)38-21-13-20-35(22-27-38)32-14-7-4-8-15-32;/h21-35,41,43H,3-20H2,1-2H3;1H/t35?,41-;/m0./s1. The average Bonchev–Trinajstić information content (AvgIpc) is 3.35. The second-order valence-electron chi connectivity index (χ2n) is 14.6. The van der Waals surface area contributed by atoms with Crippen molar-refractivity contribution >= 4 is 0 Å². The largest absolute Gasteiger partial charge is 0.315 e. The van der Waals surface area contributed by atoms with E-state index in [0.717, 1.165) is 30.1 Å². The Morgan fingerprint density at radius 2 is 1.16 bits per heavy atom. The van der Waals surface area contributed by atoms with Crippen molar-refractivity contribution in [2.75, 3.05) is 7.05 Å². The van der Waals surface area contributed by atoms with Crippen molar-refractivity contribution in [3.8, 4) is 0 Å². The number of likely N-dealkylation sites (N-methyl/N-ethyl adjacent to an activating group) is 1. The molecule has 2 aromatic carbocycles. The van der Waals surface area contributed by atoms with Crippen molar-refractivity contribution in [3.63, 3.8) is 0 Å². The van der Waals surface area contributed by atoms with Crippen LogP contribution in [-0.2, 0) is 5.41 Å². The Kier molecular flexibility index (Phi) is 10.6. The van der Waals surface area contributed by atoms with Crippen LogP contribution in [0.5, 0.6) is 0 Å². The third-order valence-electron chi connectivity index (χ3n) is 12.3. The van der Waals surface area contributed by atoms with Gasteiger partial charge in [-0.3, -0.25) is 0 Å². The molecule has 0 saturated heterocycles. The monoisotopic (exact) mass is 579 g/mol. The highest BCUT2D eigenvalue weighted by Crippen LogP contribution is 2.47. The van der Waals surface area contributed by atoms with E-state index in [4.69, 9.17) is 0 Å². The van der Waals surface area contributed by atoms with Crippen molar-refractivity contribution in [1.29, 1.82) is 0 Å².